The van der Waals surface area contributed by atoms with Crippen LogP contribution in [0, 0.1) is 0 Å². The third-order valence-electron chi connectivity index (χ3n) is 2.06. The molecular formula is C12H16F3NO3. The summed E-state index contributed by atoms with van der Waals surface area (Å²) in [6.07, 6.45) is -5.47. The third kappa shape index (κ3) is 5.89. The number of nitrogens with zero attached hydrogens (tertiary/aromatic N) is 1. The highest BCUT2D eigenvalue weighted by atomic mass is 19.4. The van der Waals surface area contributed by atoms with Gasteiger partial charge in [-0.3, -0.25) is 0 Å². The quantitative estimate of drug-likeness (QED) is 0.868. The SMILES string of the molecule is CC(C)OCC(O)COc1cccc(C(F)(F)F)n1. The minimum Gasteiger partial charge on any atom is -0.475 e. The van der Waals surface area contributed by atoms with Crippen LogP contribution in [-0.4, -0.2) is 35.5 Å². The Morgan fingerprint density at radius 1 is 1.26 bits per heavy atom. The molecule has 0 saturated carbocycles. The number of halogens is 3. The molecule has 0 aliphatic heterocycles. The molecule has 1 N–H and O–H groups in total. The maximum absolute atomic E-state index is 12.4. The van der Waals surface area contributed by atoms with Gasteiger partial charge in [-0.25, -0.2) is 4.98 Å². The van der Waals surface area contributed by atoms with Crippen LogP contribution in [0.4, 0.5) is 13.2 Å². The molecule has 4 nitrogen and oxygen atoms in total. The second kappa shape index (κ2) is 6.72. The first-order valence-electron chi connectivity index (χ1n) is 5.75. The van der Waals surface area contributed by atoms with Crippen molar-refractivity contribution in [2.24, 2.45) is 0 Å². The van der Waals surface area contributed by atoms with Gasteiger partial charge in [0.2, 0.25) is 5.88 Å². The Hall–Kier alpha value is -1.34. The average molecular weight is 279 g/mol. The Morgan fingerprint density at radius 2 is 1.95 bits per heavy atom. The number of rotatable bonds is 6. The molecule has 1 heterocycles. The highest BCUT2D eigenvalue weighted by Crippen LogP contribution is 2.28. The normalized spacial score (nSPS) is 13.6. The highest BCUT2D eigenvalue weighted by molar-refractivity contribution is 5.17. The summed E-state index contributed by atoms with van der Waals surface area (Å²) in [5.74, 6) is -0.182. The molecule has 19 heavy (non-hydrogen) atoms. The largest absolute Gasteiger partial charge is 0.475 e. The van der Waals surface area contributed by atoms with Gasteiger partial charge in [0.15, 0.2) is 0 Å². The van der Waals surface area contributed by atoms with Gasteiger partial charge >= 0.3 is 6.18 Å². The van der Waals surface area contributed by atoms with E-state index >= 15 is 0 Å². The van der Waals surface area contributed by atoms with E-state index in [0.717, 1.165) is 6.07 Å². The van der Waals surface area contributed by atoms with Crippen LogP contribution in [0.1, 0.15) is 19.5 Å². The maximum atomic E-state index is 12.4. The molecule has 0 saturated heterocycles. The first-order valence-corrected chi connectivity index (χ1v) is 5.75. The fourth-order valence-corrected chi connectivity index (χ4v) is 1.19. The zero-order chi connectivity index (χ0) is 14.5. The molecular weight excluding hydrogens is 263 g/mol. The van der Waals surface area contributed by atoms with Crippen LogP contribution >= 0.6 is 0 Å². The van der Waals surface area contributed by atoms with Gasteiger partial charge in [0.25, 0.3) is 0 Å². The van der Waals surface area contributed by atoms with Crippen molar-refractivity contribution < 1.29 is 27.8 Å². The summed E-state index contributed by atoms with van der Waals surface area (Å²) in [5.41, 5.74) is -1.03. The molecule has 1 aromatic rings. The summed E-state index contributed by atoms with van der Waals surface area (Å²) in [7, 11) is 0. The second-order valence-electron chi connectivity index (χ2n) is 4.21. The van der Waals surface area contributed by atoms with Crippen molar-refractivity contribution in [2.45, 2.75) is 32.2 Å². The van der Waals surface area contributed by atoms with Crippen molar-refractivity contribution in [3.05, 3.63) is 23.9 Å². The summed E-state index contributed by atoms with van der Waals surface area (Å²) < 4.78 is 47.3. The van der Waals surface area contributed by atoms with Gasteiger partial charge in [-0.1, -0.05) is 6.07 Å². The molecule has 0 radical (unpaired) electrons. The minimum absolute atomic E-state index is 0.0404. The fraction of sp³-hybridized carbons (Fsp3) is 0.583. The second-order valence-corrected chi connectivity index (χ2v) is 4.21. The van der Waals surface area contributed by atoms with E-state index in [0.29, 0.717) is 0 Å². The number of pyridine rings is 1. The Balaban J connectivity index is 2.49. The minimum atomic E-state index is -4.52. The molecule has 0 amide bonds. The molecule has 108 valence electrons. The van der Waals surface area contributed by atoms with Crippen molar-refractivity contribution in [1.29, 1.82) is 0 Å². The third-order valence-corrected chi connectivity index (χ3v) is 2.06. The lowest BCUT2D eigenvalue weighted by molar-refractivity contribution is -0.141. The van der Waals surface area contributed by atoms with Crippen molar-refractivity contribution >= 4 is 0 Å². The average Bonchev–Trinajstić information content (AvgIpc) is 2.33. The Labute approximate surface area is 109 Å². The van der Waals surface area contributed by atoms with E-state index in [1.54, 1.807) is 0 Å². The first-order chi connectivity index (χ1) is 8.79. The van der Waals surface area contributed by atoms with E-state index in [-0.39, 0.29) is 25.2 Å². The van der Waals surface area contributed by atoms with Gasteiger partial charge < -0.3 is 14.6 Å². The summed E-state index contributed by atoms with van der Waals surface area (Å²) in [6.45, 7) is 3.49. The highest BCUT2D eigenvalue weighted by Gasteiger charge is 2.32. The van der Waals surface area contributed by atoms with Crippen LogP contribution in [0.3, 0.4) is 0 Å². The summed E-state index contributed by atoms with van der Waals surface area (Å²) in [4.78, 5) is 3.31. The number of hydrogen-bond acceptors (Lipinski definition) is 4. The summed E-state index contributed by atoms with van der Waals surface area (Å²) >= 11 is 0. The molecule has 7 heteroatoms. The molecule has 1 atom stereocenters. The predicted molar refractivity (Wildman–Crippen MR) is 61.8 cm³/mol. The zero-order valence-corrected chi connectivity index (χ0v) is 10.6. The van der Waals surface area contributed by atoms with Crippen LogP contribution in [-0.2, 0) is 10.9 Å². The van der Waals surface area contributed by atoms with Crippen molar-refractivity contribution in [2.75, 3.05) is 13.2 Å². The van der Waals surface area contributed by atoms with E-state index in [4.69, 9.17) is 9.47 Å². The number of aliphatic hydroxyl groups excluding tert-OH is 1. The maximum Gasteiger partial charge on any atom is 0.433 e. The molecule has 0 bridgehead atoms. The predicted octanol–water partition coefficient (Wildman–Crippen LogP) is 2.27. The van der Waals surface area contributed by atoms with Crippen LogP contribution in [0.5, 0.6) is 5.88 Å². The monoisotopic (exact) mass is 279 g/mol. The smallest absolute Gasteiger partial charge is 0.433 e. The van der Waals surface area contributed by atoms with E-state index < -0.39 is 18.0 Å². The lowest BCUT2D eigenvalue weighted by Crippen LogP contribution is -2.25. The van der Waals surface area contributed by atoms with Gasteiger partial charge in [0, 0.05) is 6.07 Å². The number of ether oxygens (including phenoxy) is 2. The lowest BCUT2D eigenvalue weighted by Gasteiger charge is -2.14. The van der Waals surface area contributed by atoms with Crippen LogP contribution in [0.25, 0.3) is 0 Å². The molecule has 0 aliphatic rings. The summed E-state index contributed by atoms with van der Waals surface area (Å²) in [5, 5.41) is 9.49. The summed E-state index contributed by atoms with van der Waals surface area (Å²) in [6, 6.07) is 3.35. The molecule has 0 fully saturated rings. The number of hydrogen-bond donors (Lipinski definition) is 1. The number of aliphatic hydroxyl groups is 1. The van der Waals surface area contributed by atoms with Crippen molar-refractivity contribution in [3.63, 3.8) is 0 Å². The van der Waals surface area contributed by atoms with E-state index in [2.05, 4.69) is 4.98 Å². The number of aromatic nitrogens is 1. The van der Waals surface area contributed by atoms with Crippen molar-refractivity contribution in [1.82, 2.24) is 4.98 Å². The molecule has 1 unspecified atom stereocenters. The van der Waals surface area contributed by atoms with Crippen LogP contribution < -0.4 is 4.74 Å². The van der Waals surface area contributed by atoms with Crippen molar-refractivity contribution in [3.8, 4) is 5.88 Å². The standard InChI is InChI=1S/C12H16F3NO3/c1-8(2)18-6-9(17)7-19-11-5-3-4-10(16-11)12(13,14)15/h3-5,8-9,17H,6-7H2,1-2H3. The molecule has 0 aliphatic carbocycles. The van der Waals surface area contributed by atoms with E-state index in [1.165, 1.54) is 12.1 Å². The lowest BCUT2D eigenvalue weighted by atomic mass is 10.3. The molecule has 1 rings (SSSR count). The Morgan fingerprint density at radius 3 is 2.53 bits per heavy atom. The van der Waals surface area contributed by atoms with E-state index in [9.17, 15) is 18.3 Å². The molecule has 0 spiro atoms. The molecule has 0 aromatic carbocycles. The van der Waals surface area contributed by atoms with Crippen LogP contribution in [0.2, 0.25) is 0 Å². The zero-order valence-electron chi connectivity index (χ0n) is 10.6. The van der Waals surface area contributed by atoms with E-state index in [1.807, 2.05) is 13.8 Å². The van der Waals surface area contributed by atoms with Gasteiger partial charge in [0.05, 0.1) is 12.7 Å². The van der Waals surface area contributed by atoms with Crippen LogP contribution in [0.15, 0.2) is 18.2 Å². The van der Waals surface area contributed by atoms with Gasteiger partial charge in [0.1, 0.15) is 18.4 Å². The van der Waals surface area contributed by atoms with Gasteiger partial charge in [-0.15, -0.1) is 0 Å². The number of alkyl halides is 3. The topological polar surface area (TPSA) is 51.6 Å². The fourth-order valence-electron chi connectivity index (χ4n) is 1.19. The Bertz CT molecular complexity index is 396. The first kappa shape index (κ1) is 15.7. The van der Waals surface area contributed by atoms with Gasteiger partial charge in [-0.05, 0) is 19.9 Å². The Kier molecular flexibility index (Phi) is 5.56. The molecule has 1 aromatic heterocycles. The van der Waals surface area contributed by atoms with Gasteiger partial charge in [-0.2, -0.15) is 13.2 Å².